The van der Waals surface area contributed by atoms with E-state index in [2.05, 4.69) is 4.90 Å². The fraction of sp³-hybridized carbons (Fsp3) is 0.321. The highest BCUT2D eigenvalue weighted by Crippen LogP contribution is 2.19. The number of hydrogen-bond donors (Lipinski definition) is 2. The van der Waals surface area contributed by atoms with Crippen LogP contribution in [0.15, 0.2) is 66.7 Å². The molecule has 3 aromatic carbocycles. The lowest BCUT2D eigenvalue weighted by Crippen LogP contribution is -2.30. The Bertz CT molecular complexity index is 1040. The summed E-state index contributed by atoms with van der Waals surface area (Å²) in [5, 5.41) is 9.17. The molecule has 2 N–H and O–H groups in total. The molecule has 3 rings (SSSR count). The average Bonchev–Trinajstić information content (AvgIpc) is 2.85. The second-order valence-corrected chi connectivity index (χ2v) is 8.92. The summed E-state index contributed by atoms with van der Waals surface area (Å²) < 4.78 is 40.2. The minimum absolute atomic E-state index is 0.289. The number of carbonyl (C=O) groups excluding carboxylic acids is 1. The van der Waals surface area contributed by atoms with Crippen molar-refractivity contribution in [2.24, 2.45) is 5.92 Å². The average molecular weight is 485 g/mol. The van der Waals surface area contributed by atoms with Gasteiger partial charge in [-0.2, -0.15) is 0 Å². The van der Waals surface area contributed by atoms with E-state index in [1.54, 1.807) is 48.8 Å². The number of nitrogens with zero attached hydrogens (tertiary/aromatic N) is 1. The van der Waals surface area contributed by atoms with Gasteiger partial charge in [0, 0.05) is 19.0 Å². The van der Waals surface area contributed by atoms with Crippen LogP contribution in [0.25, 0.3) is 0 Å². The minimum atomic E-state index is -0.457. The lowest BCUT2D eigenvalue weighted by Gasteiger charge is -2.23. The smallest absolute Gasteiger partial charge is 0.246 e. The van der Waals surface area contributed by atoms with Gasteiger partial charge in [0.25, 0.3) is 0 Å². The summed E-state index contributed by atoms with van der Waals surface area (Å²) in [7, 11) is 0. The second-order valence-electron chi connectivity index (χ2n) is 8.92. The quantitative estimate of drug-likeness (QED) is 0.190. The normalized spacial score (nSPS) is 12.1. The first-order chi connectivity index (χ1) is 16.8. The van der Waals surface area contributed by atoms with E-state index < -0.39 is 11.8 Å². The first-order valence-electron chi connectivity index (χ1n) is 11.7. The highest BCUT2D eigenvalue weighted by Gasteiger charge is 2.19. The van der Waals surface area contributed by atoms with Crippen LogP contribution in [0.4, 0.5) is 13.2 Å². The van der Waals surface area contributed by atoms with Crippen molar-refractivity contribution in [1.82, 2.24) is 10.4 Å². The Hall–Kier alpha value is -3.16. The Kier molecular flexibility index (Phi) is 9.87. The van der Waals surface area contributed by atoms with Crippen molar-refractivity contribution in [2.45, 2.75) is 45.7 Å². The van der Waals surface area contributed by atoms with Crippen LogP contribution in [0.2, 0.25) is 0 Å². The molecule has 1 atom stereocenters. The molecule has 0 unspecified atom stereocenters. The van der Waals surface area contributed by atoms with Crippen molar-refractivity contribution in [3.05, 3.63) is 106 Å². The van der Waals surface area contributed by atoms with Crippen molar-refractivity contribution in [2.75, 3.05) is 6.54 Å². The van der Waals surface area contributed by atoms with Crippen molar-refractivity contribution >= 4 is 5.91 Å². The Morgan fingerprint density at radius 3 is 1.91 bits per heavy atom. The van der Waals surface area contributed by atoms with Crippen molar-refractivity contribution < 1.29 is 23.2 Å². The van der Waals surface area contributed by atoms with E-state index in [0.29, 0.717) is 31.5 Å². The van der Waals surface area contributed by atoms with Crippen LogP contribution in [-0.2, 0) is 24.3 Å². The second kappa shape index (κ2) is 13.1. The predicted octanol–water partition coefficient (Wildman–Crippen LogP) is 5.95. The molecule has 0 saturated carbocycles. The lowest BCUT2D eigenvalue weighted by atomic mass is 9.92. The third-order valence-electron chi connectivity index (χ3n) is 6.10. The van der Waals surface area contributed by atoms with Gasteiger partial charge in [0.15, 0.2) is 0 Å². The molecule has 0 radical (unpaired) electrons. The molecular weight excluding hydrogens is 453 g/mol. The number of nitrogens with one attached hydrogen (secondary N) is 1. The van der Waals surface area contributed by atoms with Crippen LogP contribution in [0, 0.1) is 30.3 Å². The van der Waals surface area contributed by atoms with Crippen LogP contribution in [0.3, 0.4) is 0 Å². The van der Waals surface area contributed by atoms with Gasteiger partial charge in [0.1, 0.15) is 17.5 Å². The predicted molar refractivity (Wildman–Crippen MR) is 129 cm³/mol. The number of hydrogen-bond acceptors (Lipinski definition) is 3. The van der Waals surface area contributed by atoms with Gasteiger partial charge in [-0.15, -0.1) is 0 Å². The van der Waals surface area contributed by atoms with Gasteiger partial charge in [-0.05, 0) is 85.3 Å². The number of carbonyl (C=O) groups is 1. The number of hydroxylamine groups is 1. The summed E-state index contributed by atoms with van der Waals surface area (Å²) in [6.45, 7) is 3.61. The zero-order valence-electron chi connectivity index (χ0n) is 19.8. The van der Waals surface area contributed by atoms with E-state index in [4.69, 9.17) is 0 Å². The van der Waals surface area contributed by atoms with Crippen molar-refractivity contribution in [3.63, 3.8) is 0 Å². The number of amides is 1. The highest BCUT2D eigenvalue weighted by molar-refractivity contribution is 5.77. The summed E-state index contributed by atoms with van der Waals surface area (Å²) in [6, 6.07) is 17.5. The van der Waals surface area contributed by atoms with E-state index in [9.17, 15) is 23.2 Å². The fourth-order valence-corrected chi connectivity index (χ4v) is 4.17. The maximum atomic E-state index is 13.6. The zero-order chi connectivity index (χ0) is 25.2. The van der Waals surface area contributed by atoms with Gasteiger partial charge in [-0.3, -0.25) is 14.9 Å². The molecule has 3 aromatic rings. The largest absolute Gasteiger partial charge is 0.295 e. The van der Waals surface area contributed by atoms with Gasteiger partial charge in [-0.25, -0.2) is 18.7 Å². The highest BCUT2D eigenvalue weighted by atomic mass is 19.1. The van der Waals surface area contributed by atoms with Crippen LogP contribution in [0.5, 0.6) is 0 Å². The molecule has 0 aliphatic carbocycles. The summed E-state index contributed by atoms with van der Waals surface area (Å²) in [5.74, 6) is -1.76. The third kappa shape index (κ3) is 8.53. The molecule has 0 aromatic heterocycles. The molecule has 0 spiro atoms. The van der Waals surface area contributed by atoms with Gasteiger partial charge in [0.2, 0.25) is 5.91 Å². The molecule has 0 aliphatic rings. The number of benzene rings is 3. The Morgan fingerprint density at radius 1 is 0.857 bits per heavy atom. The number of aryl methyl sites for hydroxylation is 1. The van der Waals surface area contributed by atoms with Gasteiger partial charge in [-0.1, -0.05) is 42.8 Å². The Labute approximate surface area is 204 Å². The van der Waals surface area contributed by atoms with Gasteiger partial charge < -0.3 is 0 Å². The van der Waals surface area contributed by atoms with Crippen molar-refractivity contribution in [3.8, 4) is 0 Å². The van der Waals surface area contributed by atoms with E-state index in [1.165, 1.54) is 30.3 Å². The van der Waals surface area contributed by atoms with Gasteiger partial charge >= 0.3 is 0 Å². The Balaban J connectivity index is 1.59. The molecule has 4 nitrogen and oxygen atoms in total. The molecule has 1 amide bonds. The molecule has 0 bridgehead atoms. The van der Waals surface area contributed by atoms with E-state index >= 15 is 0 Å². The topological polar surface area (TPSA) is 52.6 Å². The fourth-order valence-electron chi connectivity index (χ4n) is 4.17. The molecule has 186 valence electrons. The number of unbranched alkanes of at least 4 members (excludes halogenated alkanes) is 1. The Morgan fingerprint density at radius 2 is 1.40 bits per heavy atom. The molecule has 0 fully saturated rings. The van der Waals surface area contributed by atoms with Crippen molar-refractivity contribution in [1.29, 1.82) is 0 Å². The maximum absolute atomic E-state index is 13.6. The van der Waals surface area contributed by atoms with Crippen LogP contribution < -0.4 is 5.48 Å². The van der Waals surface area contributed by atoms with E-state index in [1.807, 2.05) is 0 Å². The number of rotatable bonds is 12. The lowest BCUT2D eigenvalue weighted by molar-refractivity contribution is -0.133. The monoisotopic (exact) mass is 484 g/mol. The van der Waals surface area contributed by atoms with E-state index in [-0.39, 0.29) is 17.5 Å². The van der Waals surface area contributed by atoms with Gasteiger partial charge in [0.05, 0.1) is 0 Å². The molecule has 7 heteroatoms. The van der Waals surface area contributed by atoms with E-state index in [0.717, 1.165) is 36.1 Å². The first kappa shape index (κ1) is 26.4. The summed E-state index contributed by atoms with van der Waals surface area (Å²) >= 11 is 0. The zero-order valence-corrected chi connectivity index (χ0v) is 19.8. The van der Waals surface area contributed by atoms with Crippen LogP contribution in [0.1, 0.15) is 41.5 Å². The maximum Gasteiger partial charge on any atom is 0.246 e. The summed E-state index contributed by atoms with van der Waals surface area (Å²) in [4.78, 5) is 14.4. The minimum Gasteiger partial charge on any atom is -0.295 e. The standard InChI is InChI=1S/C28H31F3N2O2/c1-20-16-23(9-14-27(20)31)17-24(28(34)32-35)4-2-3-15-33(18-21-5-10-25(29)11-6-21)19-22-7-12-26(30)13-8-22/h5-14,16,24,35H,2-4,15,17-19H2,1H3,(H,32,34)/t24-/m0/s1. The molecule has 0 aliphatic heterocycles. The molecule has 0 heterocycles. The molecule has 35 heavy (non-hydrogen) atoms. The first-order valence-corrected chi connectivity index (χ1v) is 11.7. The number of halogens is 3. The third-order valence-corrected chi connectivity index (χ3v) is 6.10. The SMILES string of the molecule is Cc1cc(C[C@H](CCCCN(Cc2ccc(F)cc2)Cc2ccc(F)cc2)C(=O)NO)ccc1F. The van der Waals surface area contributed by atoms with Crippen LogP contribution in [-0.4, -0.2) is 22.6 Å². The molecular formula is C28H31F3N2O2. The molecule has 0 saturated heterocycles. The van der Waals surface area contributed by atoms with Crippen LogP contribution >= 0.6 is 0 Å². The summed E-state index contributed by atoms with van der Waals surface area (Å²) in [5.41, 5.74) is 5.05. The summed E-state index contributed by atoms with van der Waals surface area (Å²) in [6.07, 6.45) is 2.49.